The monoisotopic (exact) mass is 292 g/mol. The summed E-state index contributed by atoms with van der Waals surface area (Å²) < 4.78 is 0. The quantitative estimate of drug-likeness (QED) is 0.906. The van der Waals surface area contributed by atoms with Gasteiger partial charge < -0.3 is 10.6 Å². The maximum Gasteiger partial charge on any atom is 0.232 e. The van der Waals surface area contributed by atoms with Crippen LogP contribution in [-0.2, 0) is 4.79 Å². The van der Waals surface area contributed by atoms with Gasteiger partial charge in [-0.05, 0) is 23.0 Å². The van der Waals surface area contributed by atoms with E-state index in [1.54, 1.807) is 0 Å². The first-order valence-electron chi connectivity index (χ1n) is 7.95. The van der Waals surface area contributed by atoms with E-state index in [-0.39, 0.29) is 11.8 Å². The molecule has 2 N–H and O–H groups in total. The van der Waals surface area contributed by atoms with Crippen LogP contribution in [0.4, 0.5) is 0 Å². The third kappa shape index (κ3) is 2.42. The molecule has 1 aliphatic carbocycles. The van der Waals surface area contributed by atoms with Crippen LogP contribution >= 0.6 is 0 Å². The first kappa shape index (κ1) is 13.5. The second-order valence-corrected chi connectivity index (χ2v) is 6.27. The molecule has 0 bridgehead atoms. The summed E-state index contributed by atoms with van der Waals surface area (Å²) in [6.45, 7) is 2.08. The lowest BCUT2D eigenvalue weighted by molar-refractivity contribution is -0.122. The normalized spacial score (nSPS) is 25.8. The van der Waals surface area contributed by atoms with Gasteiger partial charge in [-0.15, -0.1) is 0 Å². The topological polar surface area (TPSA) is 41.1 Å². The van der Waals surface area contributed by atoms with Gasteiger partial charge in [-0.3, -0.25) is 4.79 Å². The Bertz CT molecular complexity index is 606. The summed E-state index contributed by atoms with van der Waals surface area (Å²) in [6, 6.07) is 20.5. The van der Waals surface area contributed by atoms with Crippen molar-refractivity contribution in [2.75, 3.05) is 13.1 Å². The molecule has 1 saturated carbocycles. The number of rotatable bonds is 4. The predicted octanol–water partition coefficient (Wildman–Crippen LogP) is 2.15. The summed E-state index contributed by atoms with van der Waals surface area (Å²) in [7, 11) is 0. The maximum absolute atomic E-state index is 12.9. The molecule has 1 aliphatic heterocycles. The molecule has 3 heteroatoms. The number of piperidine rings is 1. The van der Waals surface area contributed by atoms with Gasteiger partial charge in [0.05, 0.1) is 5.92 Å². The smallest absolute Gasteiger partial charge is 0.232 e. The highest BCUT2D eigenvalue weighted by molar-refractivity contribution is 5.87. The van der Waals surface area contributed by atoms with E-state index >= 15 is 0 Å². The molecule has 0 radical (unpaired) electrons. The van der Waals surface area contributed by atoms with Crippen LogP contribution in [-0.4, -0.2) is 25.0 Å². The lowest BCUT2D eigenvalue weighted by Gasteiger charge is -2.18. The summed E-state index contributed by atoms with van der Waals surface area (Å²) in [5.41, 5.74) is 2.10. The molecular weight excluding hydrogens is 272 g/mol. The van der Waals surface area contributed by atoms with Gasteiger partial charge in [-0.1, -0.05) is 60.7 Å². The molecule has 22 heavy (non-hydrogen) atoms. The predicted molar refractivity (Wildman–Crippen MR) is 86.5 cm³/mol. The molecule has 4 rings (SSSR count). The molecule has 2 fully saturated rings. The number of nitrogens with one attached hydrogen (secondary N) is 2. The van der Waals surface area contributed by atoms with Gasteiger partial charge in [0.15, 0.2) is 0 Å². The third-order valence-electron chi connectivity index (χ3n) is 4.93. The van der Waals surface area contributed by atoms with E-state index in [2.05, 4.69) is 10.6 Å². The number of amides is 1. The van der Waals surface area contributed by atoms with E-state index in [0.29, 0.717) is 17.9 Å². The Morgan fingerprint density at radius 1 is 0.909 bits per heavy atom. The maximum atomic E-state index is 12.9. The number of carbonyl (C=O) groups excluding carboxylic acids is 1. The third-order valence-corrected chi connectivity index (χ3v) is 4.93. The summed E-state index contributed by atoms with van der Waals surface area (Å²) in [6.07, 6.45) is 0. The van der Waals surface area contributed by atoms with Crippen LogP contribution in [0, 0.1) is 11.8 Å². The Morgan fingerprint density at radius 2 is 1.41 bits per heavy atom. The van der Waals surface area contributed by atoms with E-state index < -0.39 is 0 Å². The van der Waals surface area contributed by atoms with Gasteiger partial charge in [-0.25, -0.2) is 0 Å². The molecule has 1 heterocycles. The molecule has 2 aromatic rings. The van der Waals surface area contributed by atoms with Gasteiger partial charge in [0.25, 0.3) is 0 Å². The SMILES string of the molecule is O=C(NC1C2CNCC21)C(c1ccccc1)c1ccccc1. The molecule has 2 atom stereocenters. The van der Waals surface area contributed by atoms with Gasteiger partial charge in [0.2, 0.25) is 5.91 Å². The van der Waals surface area contributed by atoms with Gasteiger partial charge in [0.1, 0.15) is 0 Å². The minimum Gasteiger partial charge on any atom is -0.352 e. The lowest BCUT2D eigenvalue weighted by atomic mass is 9.90. The fourth-order valence-corrected chi connectivity index (χ4v) is 3.67. The second kappa shape index (κ2) is 5.58. The van der Waals surface area contributed by atoms with Crippen molar-refractivity contribution >= 4 is 5.91 Å². The molecule has 3 nitrogen and oxygen atoms in total. The number of hydrogen-bond donors (Lipinski definition) is 2. The molecule has 2 unspecified atom stereocenters. The number of benzene rings is 2. The van der Waals surface area contributed by atoms with Gasteiger partial charge in [0, 0.05) is 19.1 Å². The summed E-state index contributed by atoms with van der Waals surface area (Å²) in [5.74, 6) is 1.17. The van der Waals surface area contributed by atoms with Crippen LogP contribution in [0.15, 0.2) is 60.7 Å². The molecule has 2 aromatic carbocycles. The Morgan fingerprint density at radius 3 is 1.91 bits per heavy atom. The Labute approximate surface area is 130 Å². The fraction of sp³-hybridized carbons (Fsp3) is 0.316. The summed E-state index contributed by atoms with van der Waals surface area (Å²) >= 11 is 0. The van der Waals surface area contributed by atoms with E-state index in [1.165, 1.54) is 0 Å². The van der Waals surface area contributed by atoms with E-state index in [1.807, 2.05) is 60.7 Å². The number of carbonyl (C=O) groups is 1. The largest absolute Gasteiger partial charge is 0.352 e. The average molecular weight is 292 g/mol. The van der Waals surface area contributed by atoms with Crippen LogP contribution in [0.1, 0.15) is 17.0 Å². The minimum absolute atomic E-state index is 0.122. The van der Waals surface area contributed by atoms with Crippen molar-refractivity contribution in [3.8, 4) is 0 Å². The summed E-state index contributed by atoms with van der Waals surface area (Å²) in [4.78, 5) is 12.9. The van der Waals surface area contributed by atoms with Crippen LogP contribution in [0.3, 0.4) is 0 Å². The van der Waals surface area contributed by atoms with Crippen molar-refractivity contribution < 1.29 is 4.79 Å². The minimum atomic E-state index is -0.225. The van der Waals surface area contributed by atoms with E-state index in [9.17, 15) is 4.79 Å². The Kier molecular flexibility index (Phi) is 3.43. The zero-order valence-corrected chi connectivity index (χ0v) is 12.4. The lowest BCUT2D eigenvalue weighted by Crippen LogP contribution is -2.36. The van der Waals surface area contributed by atoms with Crippen LogP contribution in [0.2, 0.25) is 0 Å². The van der Waals surface area contributed by atoms with Crippen molar-refractivity contribution in [3.05, 3.63) is 71.8 Å². The molecule has 1 amide bonds. The molecule has 1 saturated heterocycles. The molecular formula is C19H20N2O. The molecule has 2 aliphatic rings. The van der Waals surface area contributed by atoms with Crippen molar-refractivity contribution in [3.63, 3.8) is 0 Å². The standard InChI is InChI=1S/C19H20N2O/c22-19(21-18-15-11-20-12-16(15)18)17(13-7-3-1-4-8-13)14-9-5-2-6-10-14/h1-10,15-18,20H,11-12H2,(H,21,22). The average Bonchev–Trinajstić information content (AvgIpc) is 2.98. The van der Waals surface area contributed by atoms with Gasteiger partial charge >= 0.3 is 0 Å². The van der Waals surface area contributed by atoms with E-state index in [4.69, 9.17) is 0 Å². The zero-order chi connectivity index (χ0) is 14.9. The number of hydrogen-bond acceptors (Lipinski definition) is 2. The summed E-state index contributed by atoms with van der Waals surface area (Å²) in [5, 5.41) is 6.64. The molecule has 0 spiro atoms. The Hall–Kier alpha value is -2.13. The zero-order valence-electron chi connectivity index (χ0n) is 12.4. The van der Waals surface area contributed by atoms with Gasteiger partial charge in [-0.2, -0.15) is 0 Å². The van der Waals surface area contributed by atoms with Crippen molar-refractivity contribution in [1.29, 1.82) is 0 Å². The molecule has 112 valence electrons. The van der Waals surface area contributed by atoms with Crippen LogP contribution in [0.5, 0.6) is 0 Å². The van der Waals surface area contributed by atoms with E-state index in [0.717, 1.165) is 24.2 Å². The first-order valence-corrected chi connectivity index (χ1v) is 7.95. The highest BCUT2D eigenvalue weighted by Crippen LogP contribution is 2.42. The van der Waals surface area contributed by atoms with Crippen LogP contribution in [0.25, 0.3) is 0 Å². The highest BCUT2D eigenvalue weighted by Gasteiger charge is 2.53. The first-order chi connectivity index (χ1) is 10.8. The fourth-order valence-electron chi connectivity index (χ4n) is 3.67. The second-order valence-electron chi connectivity index (χ2n) is 6.27. The number of fused-ring (bicyclic) bond motifs is 1. The highest BCUT2D eigenvalue weighted by atomic mass is 16.2. The van der Waals surface area contributed by atoms with Crippen LogP contribution < -0.4 is 10.6 Å². The van der Waals surface area contributed by atoms with Crippen molar-refractivity contribution in [1.82, 2.24) is 10.6 Å². The van der Waals surface area contributed by atoms with Crippen molar-refractivity contribution in [2.24, 2.45) is 11.8 Å². The Balaban J connectivity index is 1.58. The molecule has 0 aromatic heterocycles. The van der Waals surface area contributed by atoms with Crippen molar-refractivity contribution in [2.45, 2.75) is 12.0 Å².